The molecule has 0 radical (unpaired) electrons. The summed E-state index contributed by atoms with van der Waals surface area (Å²) < 4.78 is 3.86. The fraction of sp³-hybridized carbons (Fsp3) is 0.611. The van der Waals surface area contributed by atoms with Crippen LogP contribution in [-0.2, 0) is 25.9 Å². The van der Waals surface area contributed by atoms with Gasteiger partial charge in [0, 0.05) is 37.4 Å². The molecule has 1 aliphatic carbocycles. The molecule has 2 aromatic rings. The first-order chi connectivity index (χ1) is 12.0. The van der Waals surface area contributed by atoms with Gasteiger partial charge in [-0.25, -0.2) is 4.98 Å². The summed E-state index contributed by atoms with van der Waals surface area (Å²) in [5, 5.41) is 16.6. The second kappa shape index (κ2) is 7.39. The van der Waals surface area contributed by atoms with Crippen LogP contribution < -0.4 is 5.32 Å². The Labute approximate surface area is 148 Å². The van der Waals surface area contributed by atoms with E-state index in [1.807, 2.05) is 6.92 Å². The Morgan fingerprint density at radius 1 is 1.48 bits per heavy atom. The quantitative estimate of drug-likeness (QED) is 0.827. The summed E-state index contributed by atoms with van der Waals surface area (Å²) in [5.41, 5.74) is 2.85. The van der Waals surface area contributed by atoms with Crippen molar-refractivity contribution in [1.29, 1.82) is 0 Å². The highest BCUT2D eigenvalue weighted by Gasteiger charge is 2.26. The molecule has 7 nitrogen and oxygen atoms in total. The lowest BCUT2D eigenvalue weighted by atomic mass is 9.95. The third-order valence-electron chi connectivity index (χ3n) is 4.66. The van der Waals surface area contributed by atoms with Crippen molar-refractivity contribution in [3.05, 3.63) is 35.2 Å². The van der Waals surface area contributed by atoms with Crippen molar-refractivity contribution in [2.45, 2.75) is 59.2 Å². The van der Waals surface area contributed by atoms with E-state index in [0.717, 1.165) is 37.3 Å². The van der Waals surface area contributed by atoms with Crippen molar-refractivity contribution in [1.82, 2.24) is 24.6 Å². The number of carbonyl (C=O) groups excluding carboxylic acids is 1. The number of hydrogen-bond acceptors (Lipinski definition) is 4. The first kappa shape index (κ1) is 17.7. The Hall–Kier alpha value is -2.15. The number of carbonyl (C=O) groups is 1. The fourth-order valence-electron chi connectivity index (χ4n) is 3.56. The van der Waals surface area contributed by atoms with Crippen LogP contribution in [-0.4, -0.2) is 43.0 Å². The normalized spacial score (nSPS) is 16.9. The van der Waals surface area contributed by atoms with Gasteiger partial charge in [-0.2, -0.15) is 5.10 Å². The Morgan fingerprint density at radius 2 is 2.28 bits per heavy atom. The minimum Gasteiger partial charge on any atom is -0.395 e. The summed E-state index contributed by atoms with van der Waals surface area (Å²) in [7, 11) is 0. The summed E-state index contributed by atoms with van der Waals surface area (Å²) in [6, 6.07) is 1.85. The zero-order chi connectivity index (χ0) is 18.0. The van der Waals surface area contributed by atoms with E-state index in [9.17, 15) is 9.90 Å². The lowest BCUT2D eigenvalue weighted by molar-refractivity contribution is 0.0921. The van der Waals surface area contributed by atoms with Crippen LogP contribution in [0.1, 0.15) is 48.0 Å². The van der Waals surface area contributed by atoms with Crippen LogP contribution in [0.4, 0.5) is 0 Å². The van der Waals surface area contributed by atoms with Crippen LogP contribution in [0.25, 0.3) is 0 Å². The van der Waals surface area contributed by atoms with E-state index in [-0.39, 0.29) is 18.6 Å². The number of amides is 1. The average Bonchev–Trinajstić information content (AvgIpc) is 3.12. The van der Waals surface area contributed by atoms with Gasteiger partial charge < -0.3 is 15.0 Å². The van der Waals surface area contributed by atoms with Crippen LogP contribution in [0, 0.1) is 12.8 Å². The zero-order valence-corrected chi connectivity index (χ0v) is 15.2. The third-order valence-corrected chi connectivity index (χ3v) is 4.66. The van der Waals surface area contributed by atoms with E-state index in [0.29, 0.717) is 18.2 Å². The van der Waals surface area contributed by atoms with Gasteiger partial charge in [0.05, 0.1) is 12.3 Å². The molecule has 3 rings (SSSR count). The first-order valence-electron chi connectivity index (χ1n) is 8.98. The molecule has 0 bridgehead atoms. The molecule has 2 aromatic heterocycles. The predicted octanol–water partition coefficient (Wildman–Crippen LogP) is 1.32. The second-order valence-corrected chi connectivity index (χ2v) is 7.13. The Kier molecular flexibility index (Phi) is 5.22. The van der Waals surface area contributed by atoms with E-state index < -0.39 is 0 Å². The summed E-state index contributed by atoms with van der Waals surface area (Å²) in [6.45, 7) is 7.61. The zero-order valence-electron chi connectivity index (χ0n) is 15.2. The molecule has 2 N–H and O–H groups in total. The van der Waals surface area contributed by atoms with Crippen molar-refractivity contribution < 1.29 is 9.90 Å². The largest absolute Gasteiger partial charge is 0.395 e. The molecule has 1 unspecified atom stereocenters. The van der Waals surface area contributed by atoms with Crippen LogP contribution in [0.5, 0.6) is 0 Å². The molecule has 2 heterocycles. The van der Waals surface area contributed by atoms with E-state index in [2.05, 4.69) is 33.8 Å². The summed E-state index contributed by atoms with van der Waals surface area (Å²) in [6.07, 6.45) is 4.16. The summed E-state index contributed by atoms with van der Waals surface area (Å²) >= 11 is 0. The topological polar surface area (TPSA) is 85.0 Å². The molecule has 136 valence electrons. The number of aliphatic hydroxyl groups excluding tert-OH is 1. The summed E-state index contributed by atoms with van der Waals surface area (Å²) in [5.74, 6) is 1.29. The minimum atomic E-state index is -0.0712. The van der Waals surface area contributed by atoms with Crippen LogP contribution in [0.3, 0.4) is 0 Å². The number of aryl methyl sites for hydroxylation is 1. The van der Waals surface area contributed by atoms with Gasteiger partial charge in [0.2, 0.25) is 0 Å². The maximum Gasteiger partial charge on any atom is 0.269 e. The van der Waals surface area contributed by atoms with Crippen molar-refractivity contribution in [2.24, 2.45) is 5.92 Å². The molecular formula is C18H27N5O2. The molecule has 1 atom stereocenters. The lowest BCUT2D eigenvalue weighted by Gasteiger charge is -2.24. The maximum atomic E-state index is 12.6. The number of rotatable bonds is 6. The predicted molar refractivity (Wildman–Crippen MR) is 94.4 cm³/mol. The van der Waals surface area contributed by atoms with Gasteiger partial charge >= 0.3 is 0 Å². The second-order valence-electron chi connectivity index (χ2n) is 7.13. The van der Waals surface area contributed by atoms with Gasteiger partial charge in [-0.3, -0.25) is 9.48 Å². The molecule has 25 heavy (non-hydrogen) atoms. The van der Waals surface area contributed by atoms with Gasteiger partial charge in [0.1, 0.15) is 11.5 Å². The maximum absolute atomic E-state index is 12.6. The lowest BCUT2D eigenvalue weighted by Crippen LogP contribution is -2.40. The van der Waals surface area contributed by atoms with Gasteiger partial charge in [-0.1, -0.05) is 13.8 Å². The van der Waals surface area contributed by atoms with Crippen molar-refractivity contribution in [2.75, 3.05) is 6.61 Å². The van der Waals surface area contributed by atoms with Gasteiger partial charge in [-0.15, -0.1) is 0 Å². The highest BCUT2D eigenvalue weighted by molar-refractivity contribution is 5.92. The molecule has 1 amide bonds. The SMILES string of the molecule is Cc1nc2c(n1CCO)CCC(NC(=O)c1ccnn1CC(C)C)C2. The molecule has 0 aliphatic heterocycles. The van der Waals surface area contributed by atoms with E-state index in [4.69, 9.17) is 0 Å². The minimum absolute atomic E-state index is 0.0712. The van der Waals surface area contributed by atoms with E-state index in [1.54, 1.807) is 16.9 Å². The monoisotopic (exact) mass is 345 g/mol. The number of hydrogen-bond donors (Lipinski definition) is 2. The molecule has 0 saturated carbocycles. The number of nitrogens with zero attached hydrogens (tertiary/aromatic N) is 4. The van der Waals surface area contributed by atoms with Crippen molar-refractivity contribution in [3.63, 3.8) is 0 Å². The van der Waals surface area contributed by atoms with Crippen molar-refractivity contribution >= 4 is 5.91 Å². The van der Waals surface area contributed by atoms with Gasteiger partial charge in [0.25, 0.3) is 5.91 Å². The number of nitrogens with one attached hydrogen (secondary N) is 1. The summed E-state index contributed by atoms with van der Waals surface area (Å²) in [4.78, 5) is 17.3. The first-order valence-corrected chi connectivity index (χ1v) is 8.98. The fourth-order valence-corrected chi connectivity index (χ4v) is 3.56. The Morgan fingerprint density at radius 3 is 3.00 bits per heavy atom. The van der Waals surface area contributed by atoms with E-state index >= 15 is 0 Å². The smallest absolute Gasteiger partial charge is 0.269 e. The molecule has 0 spiro atoms. The van der Waals surface area contributed by atoms with Crippen LogP contribution in [0.15, 0.2) is 12.3 Å². The standard InChI is InChI=1S/C18H27N5O2/c1-12(2)11-23-17(6-7-19-23)18(25)21-14-4-5-16-15(10-14)20-13(3)22(16)8-9-24/h6-7,12,14,24H,4-5,8-11H2,1-3H3,(H,21,25). The van der Waals surface area contributed by atoms with Crippen LogP contribution >= 0.6 is 0 Å². The number of aromatic nitrogens is 4. The Bertz CT molecular complexity index is 747. The molecule has 0 fully saturated rings. The van der Waals surface area contributed by atoms with E-state index in [1.165, 1.54) is 5.69 Å². The molecule has 7 heteroatoms. The average molecular weight is 345 g/mol. The third kappa shape index (κ3) is 3.76. The van der Waals surface area contributed by atoms with Gasteiger partial charge in [0.15, 0.2) is 0 Å². The molecule has 0 saturated heterocycles. The van der Waals surface area contributed by atoms with Crippen LogP contribution in [0.2, 0.25) is 0 Å². The highest BCUT2D eigenvalue weighted by atomic mass is 16.3. The highest BCUT2D eigenvalue weighted by Crippen LogP contribution is 2.22. The molecule has 0 aromatic carbocycles. The van der Waals surface area contributed by atoms with Crippen molar-refractivity contribution in [3.8, 4) is 0 Å². The molecular weight excluding hydrogens is 318 g/mol. The number of imidazole rings is 1. The molecule has 1 aliphatic rings. The Balaban J connectivity index is 1.68. The number of aliphatic hydroxyl groups is 1. The number of fused-ring (bicyclic) bond motifs is 1. The van der Waals surface area contributed by atoms with Gasteiger partial charge in [-0.05, 0) is 31.7 Å².